The van der Waals surface area contributed by atoms with Gasteiger partial charge in [0.25, 0.3) is 0 Å². The van der Waals surface area contributed by atoms with E-state index in [1.165, 1.54) is 0 Å². The van der Waals surface area contributed by atoms with E-state index in [-0.39, 0.29) is 0 Å². The largest absolute Gasteiger partial charge is 0.394 e. The lowest BCUT2D eigenvalue weighted by molar-refractivity contribution is -0.349. The van der Waals surface area contributed by atoms with Crippen LogP contribution < -0.4 is 0 Å². The summed E-state index contributed by atoms with van der Waals surface area (Å²) in [7, 11) is 0. The fourth-order valence-corrected chi connectivity index (χ4v) is 2.54. The molecule has 2 fully saturated rings. The maximum atomic E-state index is 13.3. The summed E-state index contributed by atoms with van der Waals surface area (Å²) in [6.45, 7) is -1.45. The third-order valence-electron chi connectivity index (χ3n) is 3.95. The Balaban J connectivity index is 2.11. The third kappa shape index (κ3) is 3.64. The van der Waals surface area contributed by atoms with Gasteiger partial charge in [0.1, 0.15) is 48.8 Å². The van der Waals surface area contributed by atoms with Crippen LogP contribution >= 0.6 is 0 Å². The highest BCUT2D eigenvalue weighted by Gasteiger charge is 2.50. The summed E-state index contributed by atoms with van der Waals surface area (Å²) in [6, 6.07) is 0. The van der Waals surface area contributed by atoms with Gasteiger partial charge in [0.05, 0.1) is 13.2 Å². The predicted octanol–water partition coefficient (Wildman–Crippen LogP) is -4.42. The minimum absolute atomic E-state index is 0.687. The maximum absolute atomic E-state index is 13.3. The molecule has 11 heteroatoms. The number of aliphatic hydroxyl groups excluding tert-OH is 7. The normalized spacial score (nSPS) is 51.7. The number of hydrogen-bond acceptors (Lipinski definition) is 10. The van der Waals surface area contributed by atoms with Gasteiger partial charge in [0.2, 0.25) is 6.36 Å². The van der Waals surface area contributed by atoms with Gasteiger partial charge in [-0.25, -0.2) is 4.39 Å². The van der Waals surface area contributed by atoms with Crippen molar-refractivity contribution in [3.8, 4) is 0 Å². The molecule has 0 bridgehead atoms. The second kappa shape index (κ2) is 7.61. The topological polar surface area (TPSA) is 169 Å². The number of aliphatic hydroxyl groups is 7. The maximum Gasteiger partial charge on any atom is 0.228 e. The molecule has 0 amide bonds. The third-order valence-corrected chi connectivity index (χ3v) is 3.95. The average molecular weight is 344 g/mol. The van der Waals surface area contributed by atoms with Crippen LogP contribution in [0.3, 0.4) is 0 Å². The summed E-state index contributed by atoms with van der Waals surface area (Å²) in [5, 5.41) is 66.8. The summed E-state index contributed by atoms with van der Waals surface area (Å²) in [4.78, 5) is 0. The molecule has 2 saturated heterocycles. The summed E-state index contributed by atoms with van der Waals surface area (Å²) in [5.74, 6) is 0. The van der Waals surface area contributed by atoms with Gasteiger partial charge in [-0.3, -0.25) is 0 Å². The van der Waals surface area contributed by atoms with E-state index in [2.05, 4.69) is 4.74 Å². The smallest absolute Gasteiger partial charge is 0.228 e. The molecule has 10 nitrogen and oxygen atoms in total. The summed E-state index contributed by atoms with van der Waals surface area (Å²) in [6.07, 6.45) is -16.8. The van der Waals surface area contributed by atoms with Crippen molar-refractivity contribution < 1.29 is 54.3 Å². The van der Waals surface area contributed by atoms with Crippen molar-refractivity contribution >= 4 is 0 Å². The molecule has 0 aromatic rings. The molecule has 0 radical (unpaired) electrons. The van der Waals surface area contributed by atoms with E-state index in [0.717, 1.165) is 0 Å². The fourth-order valence-electron chi connectivity index (χ4n) is 2.54. The quantitative estimate of drug-likeness (QED) is 0.264. The Morgan fingerprint density at radius 2 is 1.35 bits per heavy atom. The van der Waals surface area contributed by atoms with Crippen molar-refractivity contribution in [3.63, 3.8) is 0 Å². The molecule has 0 saturated carbocycles. The van der Waals surface area contributed by atoms with Gasteiger partial charge in [-0.1, -0.05) is 0 Å². The zero-order chi connectivity index (χ0) is 17.3. The van der Waals surface area contributed by atoms with Crippen molar-refractivity contribution in [2.24, 2.45) is 0 Å². The van der Waals surface area contributed by atoms with Gasteiger partial charge in [0.15, 0.2) is 6.29 Å². The predicted molar refractivity (Wildman–Crippen MR) is 67.5 cm³/mol. The molecule has 0 aliphatic carbocycles. The molecule has 2 aliphatic heterocycles. The van der Waals surface area contributed by atoms with E-state index in [1.807, 2.05) is 0 Å². The molecular weight excluding hydrogens is 323 g/mol. The summed E-state index contributed by atoms with van der Waals surface area (Å²) in [5.41, 5.74) is 0. The Hall–Kier alpha value is -0.470. The number of rotatable bonds is 4. The van der Waals surface area contributed by atoms with Crippen LogP contribution in [-0.2, 0) is 14.2 Å². The van der Waals surface area contributed by atoms with Gasteiger partial charge >= 0.3 is 0 Å². The molecule has 7 N–H and O–H groups in total. The van der Waals surface area contributed by atoms with Crippen molar-refractivity contribution in [1.29, 1.82) is 0 Å². The lowest BCUT2D eigenvalue weighted by Crippen LogP contribution is -2.64. The van der Waals surface area contributed by atoms with E-state index in [4.69, 9.17) is 14.6 Å². The van der Waals surface area contributed by atoms with Gasteiger partial charge in [-0.05, 0) is 0 Å². The van der Waals surface area contributed by atoms with Crippen molar-refractivity contribution in [2.75, 3.05) is 13.2 Å². The highest BCUT2D eigenvalue weighted by molar-refractivity contribution is 4.93. The summed E-state index contributed by atoms with van der Waals surface area (Å²) < 4.78 is 28.3. The zero-order valence-corrected chi connectivity index (χ0v) is 11.9. The van der Waals surface area contributed by atoms with Crippen LogP contribution in [0.1, 0.15) is 0 Å². The number of halogens is 1. The Kier molecular flexibility index (Phi) is 6.24. The Morgan fingerprint density at radius 1 is 0.739 bits per heavy atom. The van der Waals surface area contributed by atoms with E-state index in [0.29, 0.717) is 0 Å². The van der Waals surface area contributed by atoms with Gasteiger partial charge in [0, 0.05) is 0 Å². The van der Waals surface area contributed by atoms with Crippen molar-refractivity contribution in [2.45, 2.75) is 61.5 Å². The molecule has 2 rings (SSSR count). The first kappa shape index (κ1) is 18.9. The first-order chi connectivity index (χ1) is 10.8. The van der Waals surface area contributed by atoms with Gasteiger partial charge < -0.3 is 50.0 Å². The van der Waals surface area contributed by atoms with Crippen molar-refractivity contribution in [3.05, 3.63) is 0 Å². The Bertz CT molecular complexity index is 383. The molecule has 136 valence electrons. The van der Waals surface area contributed by atoms with E-state index in [1.54, 1.807) is 0 Å². The molecule has 0 spiro atoms. The first-order valence-electron chi connectivity index (χ1n) is 7.04. The van der Waals surface area contributed by atoms with Gasteiger partial charge in [-0.15, -0.1) is 0 Å². The summed E-state index contributed by atoms with van der Waals surface area (Å²) >= 11 is 0. The van der Waals surface area contributed by atoms with Crippen LogP contribution in [-0.4, -0.2) is 110 Å². The molecule has 2 aliphatic rings. The minimum Gasteiger partial charge on any atom is -0.394 e. The SMILES string of the molecule is OC[C@H]1O[C@@H](O[C@H]2[C@H](O)[C@@H](O)[C@@H](F)O[C@@H]2CO)[C@H](O)[C@@H](O)[C@H]1O. The van der Waals surface area contributed by atoms with Crippen LogP contribution in [0.5, 0.6) is 0 Å². The molecule has 23 heavy (non-hydrogen) atoms. The molecule has 10 atom stereocenters. The number of ether oxygens (including phenoxy) is 3. The van der Waals surface area contributed by atoms with Gasteiger partial charge in [-0.2, -0.15) is 0 Å². The monoisotopic (exact) mass is 344 g/mol. The number of alkyl halides is 1. The lowest BCUT2D eigenvalue weighted by Gasteiger charge is -2.44. The van der Waals surface area contributed by atoms with Crippen LogP contribution in [0, 0.1) is 0 Å². The molecule has 0 unspecified atom stereocenters. The van der Waals surface area contributed by atoms with E-state index < -0.39 is 74.7 Å². The Labute approximate surface area is 130 Å². The Morgan fingerprint density at radius 3 is 1.91 bits per heavy atom. The molecule has 0 aromatic heterocycles. The molecular formula is C12H21FO10. The highest BCUT2D eigenvalue weighted by atomic mass is 19.1. The van der Waals surface area contributed by atoms with Crippen LogP contribution in [0.4, 0.5) is 4.39 Å². The van der Waals surface area contributed by atoms with Crippen LogP contribution in [0.25, 0.3) is 0 Å². The number of hydrogen-bond donors (Lipinski definition) is 7. The molecule has 2 heterocycles. The second-order valence-electron chi connectivity index (χ2n) is 5.49. The van der Waals surface area contributed by atoms with E-state index >= 15 is 0 Å². The zero-order valence-electron chi connectivity index (χ0n) is 11.9. The molecule has 0 aromatic carbocycles. The minimum atomic E-state index is -2.24. The van der Waals surface area contributed by atoms with Crippen LogP contribution in [0.2, 0.25) is 0 Å². The highest BCUT2D eigenvalue weighted by Crippen LogP contribution is 2.29. The standard InChI is InChI=1S/C12H21FO10/c13-11-8(19)7(18)10(4(2-15)21-11)23-12-9(20)6(17)5(16)3(1-14)22-12/h3-12,14-20H,1-2H2/t3-,4-,5+,6+,7-,8-,9-,10-,11+,12+/m1/s1. The van der Waals surface area contributed by atoms with Crippen molar-refractivity contribution in [1.82, 2.24) is 0 Å². The second-order valence-corrected chi connectivity index (χ2v) is 5.49. The first-order valence-corrected chi connectivity index (χ1v) is 7.04. The fraction of sp³-hybridized carbons (Fsp3) is 1.00. The van der Waals surface area contributed by atoms with E-state index in [9.17, 15) is 35.0 Å². The lowest BCUT2D eigenvalue weighted by atomic mass is 9.97. The average Bonchev–Trinajstić information content (AvgIpc) is 2.55. The van der Waals surface area contributed by atoms with Crippen LogP contribution in [0.15, 0.2) is 0 Å².